The third kappa shape index (κ3) is 2.23. The molecule has 17 heavy (non-hydrogen) atoms. The number of aromatic nitrogens is 1. The smallest absolute Gasteiger partial charge is 0.0346 e. The van der Waals surface area contributed by atoms with Gasteiger partial charge >= 0.3 is 0 Å². The minimum atomic E-state index is 0.784. The van der Waals surface area contributed by atoms with E-state index in [1.165, 1.54) is 42.4 Å². The van der Waals surface area contributed by atoms with E-state index in [0.717, 1.165) is 5.92 Å². The first kappa shape index (κ1) is 10.5. The number of hydrogen-bond acceptors (Lipinski definition) is 1. The lowest BCUT2D eigenvalue weighted by Gasteiger charge is -2.11. The van der Waals surface area contributed by atoms with Crippen molar-refractivity contribution in [3.8, 4) is 11.1 Å². The number of benzene rings is 1. The van der Waals surface area contributed by atoms with Gasteiger partial charge in [-0.1, -0.05) is 43.2 Å². The van der Waals surface area contributed by atoms with Crippen LogP contribution in [0.1, 0.15) is 37.2 Å². The molecule has 0 amide bonds. The maximum Gasteiger partial charge on any atom is 0.0346 e. The van der Waals surface area contributed by atoms with E-state index < -0.39 is 0 Å². The Morgan fingerprint density at radius 2 is 1.76 bits per heavy atom. The van der Waals surface area contributed by atoms with Crippen LogP contribution in [0.4, 0.5) is 0 Å². The zero-order valence-electron chi connectivity index (χ0n) is 9.97. The van der Waals surface area contributed by atoms with Gasteiger partial charge in [0.05, 0.1) is 0 Å². The quantitative estimate of drug-likeness (QED) is 0.735. The first-order valence-corrected chi connectivity index (χ1v) is 6.44. The van der Waals surface area contributed by atoms with Gasteiger partial charge in [-0.25, -0.2) is 0 Å². The minimum absolute atomic E-state index is 0.784. The van der Waals surface area contributed by atoms with Crippen molar-refractivity contribution in [2.45, 2.75) is 31.6 Å². The van der Waals surface area contributed by atoms with E-state index in [2.05, 4.69) is 35.3 Å². The highest BCUT2D eigenvalue weighted by atomic mass is 14.6. The van der Waals surface area contributed by atoms with Gasteiger partial charge in [-0.3, -0.25) is 4.98 Å². The first-order chi connectivity index (χ1) is 8.43. The van der Waals surface area contributed by atoms with Crippen molar-refractivity contribution >= 4 is 0 Å². The van der Waals surface area contributed by atoms with Crippen LogP contribution in [0.25, 0.3) is 11.1 Å². The minimum Gasteiger partial charge on any atom is -0.264 e. The van der Waals surface area contributed by atoms with Crippen LogP contribution >= 0.6 is 0 Å². The zero-order valence-corrected chi connectivity index (χ0v) is 9.97. The molecule has 1 heteroatoms. The fourth-order valence-corrected chi connectivity index (χ4v) is 2.76. The van der Waals surface area contributed by atoms with Crippen molar-refractivity contribution in [1.29, 1.82) is 0 Å². The molecule has 1 aliphatic carbocycles. The first-order valence-electron chi connectivity index (χ1n) is 6.44. The van der Waals surface area contributed by atoms with E-state index in [9.17, 15) is 0 Å². The van der Waals surface area contributed by atoms with Crippen molar-refractivity contribution in [2.24, 2.45) is 0 Å². The third-order valence-electron chi connectivity index (χ3n) is 3.71. The lowest BCUT2D eigenvalue weighted by atomic mass is 9.94. The van der Waals surface area contributed by atoms with Crippen LogP contribution in [0.5, 0.6) is 0 Å². The molecule has 0 saturated heterocycles. The fraction of sp³-hybridized carbons (Fsp3) is 0.312. The van der Waals surface area contributed by atoms with Crippen LogP contribution in [0.3, 0.4) is 0 Å². The van der Waals surface area contributed by atoms with Gasteiger partial charge in [-0.05, 0) is 41.5 Å². The maximum absolute atomic E-state index is 4.19. The maximum atomic E-state index is 4.19. The van der Waals surface area contributed by atoms with Crippen molar-refractivity contribution in [2.75, 3.05) is 0 Å². The summed E-state index contributed by atoms with van der Waals surface area (Å²) < 4.78 is 0. The highest BCUT2D eigenvalue weighted by Gasteiger charge is 2.17. The largest absolute Gasteiger partial charge is 0.264 e. The molecule has 2 aromatic rings. The van der Waals surface area contributed by atoms with Gasteiger partial charge in [-0.2, -0.15) is 0 Å². The molecule has 0 radical (unpaired) electrons. The van der Waals surface area contributed by atoms with Crippen molar-refractivity contribution < 1.29 is 0 Å². The molecule has 0 atom stereocenters. The average Bonchev–Trinajstić information content (AvgIpc) is 2.94. The second kappa shape index (κ2) is 4.70. The fourth-order valence-electron chi connectivity index (χ4n) is 2.76. The summed E-state index contributed by atoms with van der Waals surface area (Å²) in [4.78, 5) is 4.19. The lowest BCUT2D eigenvalue weighted by molar-refractivity contribution is 0.723. The standard InChI is InChI=1S/C16H17N/c1-2-6-13(5-1)14-7-3-8-15(11-14)16-9-4-10-17-12-16/h3-4,7-13H,1-2,5-6H2. The predicted molar refractivity (Wildman–Crippen MR) is 70.9 cm³/mol. The van der Waals surface area contributed by atoms with E-state index in [4.69, 9.17) is 0 Å². The zero-order chi connectivity index (χ0) is 11.5. The predicted octanol–water partition coefficient (Wildman–Crippen LogP) is 4.41. The van der Waals surface area contributed by atoms with Gasteiger partial charge in [0.15, 0.2) is 0 Å². The van der Waals surface area contributed by atoms with Gasteiger partial charge in [0.1, 0.15) is 0 Å². The molecular formula is C16H17N. The molecule has 1 aliphatic rings. The molecule has 1 heterocycles. The Balaban J connectivity index is 1.94. The molecule has 0 unspecified atom stereocenters. The second-order valence-corrected chi connectivity index (χ2v) is 4.85. The van der Waals surface area contributed by atoms with Crippen molar-refractivity contribution in [1.82, 2.24) is 4.98 Å². The summed E-state index contributed by atoms with van der Waals surface area (Å²) in [6.45, 7) is 0. The number of nitrogens with zero attached hydrogens (tertiary/aromatic N) is 1. The van der Waals surface area contributed by atoms with E-state index in [-0.39, 0.29) is 0 Å². The Bertz CT molecular complexity index is 484. The molecule has 1 aromatic carbocycles. The highest BCUT2D eigenvalue weighted by molar-refractivity contribution is 5.63. The van der Waals surface area contributed by atoms with Gasteiger partial charge in [0.25, 0.3) is 0 Å². The summed E-state index contributed by atoms with van der Waals surface area (Å²) in [5.74, 6) is 0.784. The van der Waals surface area contributed by atoms with Gasteiger partial charge in [-0.15, -0.1) is 0 Å². The van der Waals surface area contributed by atoms with Crippen molar-refractivity contribution in [3.05, 3.63) is 54.4 Å². The number of hydrogen-bond donors (Lipinski definition) is 0. The van der Waals surface area contributed by atoms with E-state index in [1.54, 1.807) is 0 Å². The highest BCUT2D eigenvalue weighted by Crippen LogP contribution is 2.35. The Labute approximate surface area is 103 Å². The second-order valence-electron chi connectivity index (χ2n) is 4.85. The van der Waals surface area contributed by atoms with Gasteiger partial charge in [0.2, 0.25) is 0 Å². The molecule has 1 aromatic heterocycles. The van der Waals surface area contributed by atoms with Crippen LogP contribution in [0.2, 0.25) is 0 Å². The van der Waals surface area contributed by atoms with Crippen molar-refractivity contribution in [3.63, 3.8) is 0 Å². The summed E-state index contributed by atoms with van der Waals surface area (Å²) in [5, 5.41) is 0. The lowest BCUT2D eigenvalue weighted by Crippen LogP contribution is -1.92. The molecule has 1 saturated carbocycles. The molecular weight excluding hydrogens is 206 g/mol. The Morgan fingerprint density at radius 3 is 2.53 bits per heavy atom. The Kier molecular flexibility index (Phi) is 2.91. The SMILES string of the molecule is c1cncc(-c2cccc(C3CCCC3)c2)c1. The van der Waals surface area contributed by atoms with E-state index >= 15 is 0 Å². The van der Waals surface area contributed by atoms with Gasteiger partial charge < -0.3 is 0 Å². The molecule has 86 valence electrons. The van der Waals surface area contributed by atoms with E-state index in [1.807, 2.05) is 18.5 Å². The van der Waals surface area contributed by atoms with Crippen LogP contribution in [-0.2, 0) is 0 Å². The average molecular weight is 223 g/mol. The van der Waals surface area contributed by atoms with Crippen LogP contribution in [0.15, 0.2) is 48.8 Å². The summed E-state index contributed by atoms with van der Waals surface area (Å²) in [6.07, 6.45) is 9.26. The summed E-state index contributed by atoms with van der Waals surface area (Å²) in [6, 6.07) is 13.1. The molecule has 1 nitrogen and oxygen atoms in total. The molecule has 0 aliphatic heterocycles. The normalized spacial score (nSPS) is 16.2. The summed E-state index contributed by atoms with van der Waals surface area (Å²) in [7, 11) is 0. The summed E-state index contributed by atoms with van der Waals surface area (Å²) in [5.41, 5.74) is 4.01. The molecule has 3 rings (SSSR count). The third-order valence-corrected chi connectivity index (χ3v) is 3.71. The van der Waals surface area contributed by atoms with Gasteiger partial charge in [0, 0.05) is 12.4 Å². The summed E-state index contributed by atoms with van der Waals surface area (Å²) >= 11 is 0. The van der Waals surface area contributed by atoms with E-state index in [0.29, 0.717) is 0 Å². The molecule has 0 spiro atoms. The monoisotopic (exact) mass is 223 g/mol. The van der Waals surface area contributed by atoms with Crippen LogP contribution in [0, 0.1) is 0 Å². The molecule has 1 fully saturated rings. The Morgan fingerprint density at radius 1 is 0.941 bits per heavy atom. The molecule has 0 N–H and O–H groups in total. The topological polar surface area (TPSA) is 12.9 Å². The van der Waals surface area contributed by atoms with Crippen LogP contribution in [-0.4, -0.2) is 4.98 Å². The number of rotatable bonds is 2. The Hall–Kier alpha value is -1.63. The van der Waals surface area contributed by atoms with Crippen LogP contribution < -0.4 is 0 Å². The number of pyridine rings is 1. The molecule has 0 bridgehead atoms.